The Morgan fingerprint density at radius 2 is 2.00 bits per heavy atom. The van der Waals surface area contributed by atoms with Crippen LogP contribution in [0.4, 0.5) is 0 Å². The molecular weight excluding hydrogens is 200 g/mol. The van der Waals surface area contributed by atoms with Gasteiger partial charge in [0.2, 0.25) is 0 Å². The standard InChI is InChI=1S/C14H14O2/c1-10-3-4-12(11(2)7-10)8-13-5-6-14(9-15)16-13/h3-7,9H,8H2,1-2H3. The van der Waals surface area contributed by atoms with Gasteiger partial charge in [0.05, 0.1) is 0 Å². The van der Waals surface area contributed by atoms with Gasteiger partial charge in [0.25, 0.3) is 0 Å². The zero-order valence-electron chi connectivity index (χ0n) is 9.49. The van der Waals surface area contributed by atoms with Gasteiger partial charge in [-0.1, -0.05) is 23.8 Å². The summed E-state index contributed by atoms with van der Waals surface area (Å²) in [6.07, 6.45) is 1.46. The molecule has 0 saturated heterocycles. The van der Waals surface area contributed by atoms with Crippen LogP contribution in [-0.2, 0) is 6.42 Å². The Kier molecular flexibility index (Phi) is 2.91. The fourth-order valence-electron chi connectivity index (χ4n) is 1.78. The highest BCUT2D eigenvalue weighted by Gasteiger charge is 2.04. The Bertz CT molecular complexity index is 509. The third kappa shape index (κ3) is 2.22. The SMILES string of the molecule is Cc1ccc(Cc2ccc(C=O)o2)c(C)c1. The molecular formula is C14H14O2. The first-order chi connectivity index (χ1) is 7.69. The maximum absolute atomic E-state index is 10.5. The number of rotatable bonds is 3. The Hall–Kier alpha value is -1.83. The highest BCUT2D eigenvalue weighted by Crippen LogP contribution is 2.16. The van der Waals surface area contributed by atoms with Crippen molar-refractivity contribution in [1.82, 2.24) is 0 Å². The minimum Gasteiger partial charge on any atom is -0.458 e. The summed E-state index contributed by atoms with van der Waals surface area (Å²) in [7, 11) is 0. The van der Waals surface area contributed by atoms with Crippen molar-refractivity contribution < 1.29 is 9.21 Å². The highest BCUT2D eigenvalue weighted by molar-refractivity contribution is 5.70. The van der Waals surface area contributed by atoms with Gasteiger partial charge in [-0.25, -0.2) is 0 Å². The molecule has 0 amide bonds. The average Bonchev–Trinajstić information content (AvgIpc) is 2.70. The molecule has 2 rings (SSSR count). The first kappa shape index (κ1) is 10.7. The number of aryl methyl sites for hydroxylation is 2. The molecule has 2 aromatic rings. The number of hydrogen-bond donors (Lipinski definition) is 0. The van der Waals surface area contributed by atoms with Gasteiger partial charge in [-0.15, -0.1) is 0 Å². The van der Waals surface area contributed by atoms with Crippen molar-refractivity contribution in [3.63, 3.8) is 0 Å². The largest absolute Gasteiger partial charge is 0.458 e. The Morgan fingerprint density at radius 1 is 1.19 bits per heavy atom. The summed E-state index contributed by atoms with van der Waals surface area (Å²) in [5.74, 6) is 1.22. The molecule has 0 radical (unpaired) electrons. The van der Waals surface area contributed by atoms with Gasteiger partial charge < -0.3 is 4.42 Å². The molecule has 0 saturated carbocycles. The summed E-state index contributed by atoms with van der Waals surface area (Å²) >= 11 is 0. The second kappa shape index (κ2) is 4.35. The van der Waals surface area contributed by atoms with Crippen molar-refractivity contribution in [3.8, 4) is 0 Å². The summed E-state index contributed by atoms with van der Waals surface area (Å²) in [4.78, 5) is 10.5. The van der Waals surface area contributed by atoms with Crippen LogP contribution in [0.2, 0.25) is 0 Å². The lowest BCUT2D eigenvalue weighted by atomic mass is 10.0. The predicted molar refractivity (Wildman–Crippen MR) is 62.8 cm³/mol. The third-order valence-corrected chi connectivity index (χ3v) is 2.66. The van der Waals surface area contributed by atoms with E-state index in [1.54, 1.807) is 6.07 Å². The van der Waals surface area contributed by atoms with Crippen LogP contribution in [0.25, 0.3) is 0 Å². The van der Waals surface area contributed by atoms with Gasteiger partial charge in [-0.2, -0.15) is 0 Å². The van der Waals surface area contributed by atoms with E-state index in [0.29, 0.717) is 5.76 Å². The molecule has 82 valence electrons. The van der Waals surface area contributed by atoms with Crippen molar-refractivity contribution in [2.45, 2.75) is 20.3 Å². The van der Waals surface area contributed by atoms with E-state index in [9.17, 15) is 4.79 Å². The van der Waals surface area contributed by atoms with Gasteiger partial charge in [0.1, 0.15) is 5.76 Å². The minimum absolute atomic E-state index is 0.389. The monoisotopic (exact) mass is 214 g/mol. The number of furan rings is 1. The van der Waals surface area contributed by atoms with Crippen LogP contribution in [-0.4, -0.2) is 6.29 Å². The Morgan fingerprint density at radius 3 is 2.62 bits per heavy atom. The van der Waals surface area contributed by atoms with Crippen molar-refractivity contribution in [1.29, 1.82) is 0 Å². The van der Waals surface area contributed by atoms with Crippen LogP contribution in [0.15, 0.2) is 34.7 Å². The maximum atomic E-state index is 10.5. The highest BCUT2D eigenvalue weighted by atomic mass is 16.3. The van der Waals surface area contributed by atoms with Gasteiger partial charge in [0, 0.05) is 6.42 Å². The van der Waals surface area contributed by atoms with Crippen LogP contribution in [0, 0.1) is 13.8 Å². The van der Waals surface area contributed by atoms with E-state index in [-0.39, 0.29) is 0 Å². The van der Waals surface area contributed by atoms with E-state index >= 15 is 0 Å². The Balaban J connectivity index is 2.23. The van der Waals surface area contributed by atoms with E-state index in [1.165, 1.54) is 16.7 Å². The summed E-state index contributed by atoms with van der Waals surface area (Å²) in [5, 5.41) is 0. The summed E-state index contributed by atoms with van der Waals surface area (Å²) in [6, 6.07) is 9.90. The second-order valence-electron chi connectivity index (χ2n) is 4.03. The van der Waals surface area contributed by atoms with Crippen molar-refractivity contribution in [2.75, 3.05) is 0 Å². The fraction of sp³-hybridized carbons (Fsp3) is 0.214. The fourth-order valence-corrected chi connectivity index (χ4v) is 1.78. The molecule has 1 heterocycles. The predicted octanol–water partition coefficient (Wildman–Crippen LogP) is 3.30. The molecule has 0 N–H and O–H groups in total. The van der Waals surface area contributed by atoms with Gasteiger partial charge in [-0.05, 0) is 37.1 Å². The molecule has 2 heteroatoms. The van der Waals surface area contributed by atoms with Crippen LogP contribution in [0.5, 0.6) is 0 Å². The van der Waals surface area contributed by atoms with E-state index < -0.39 is 0 Å². The third-order valence-electron chi connectivity index (χ3n) is 2.66. The molecule has 0 aliphatic rings. The first-order valence-corrected chi connectivity index (χ1v) is 5.29. The van der Waals surface area contributed by atoms with Gasteiger partial charge >= 0.3 is 0 Å². The number of aldehydes is 1. The van der Waals surface area contributed by atoms with Crippen molar-refractivity contribution in [3.05, 3.63) is 58.5 Å². The Labute approximate surface area is 94.9 Å². The average molecular weight is 214 g/mol. The quantitative estimate of drug-likeness (QED) is 0.734. The smallest absolute Gasteiger partial charge is 0.185 e. The molecule has 0 spiro atoms. The molecule has 16 heavy (non-hydrogen) atoms. The van der Waals surface area contributed by atoms with Crippen LogP contribution < -0.4 is 0 Å². The minimum atomic E-state index is 0.389. The molecule has 0 atom stereocenters. The number of carbonyl (C=O) groups is 1. The molecule has 2 nitrogen and oxygen atoms in total. The lowest BCUT2D eigenvalue weighted by molar-refractivity contribution is 0.109. The summed E-state index contributed by atoms with van der Waals surface area (Å²) in [5.41, 5.74) is 3.75. The maximum Gasteiger partial charge on any atom is 0.185 e. The van der Waals surface area contributed by atoms with Crippen molar-refractivity contribution >= 4 is 6.29 Å². The van der Waals surface area contributed by atoms with Crippen LogP contribution in [0.3, 0.4) is 0 Å². The summed E-state index contributed by atoms with van der Waals surface area (Å²) < 4.78 is 5.35. The number of carbonyl (C=O) groups excluding carboxylic acids is 1. The van der Waals surface area contributed by atoms with Crippen molar-refractivity contribution in [2.24, 2.45) is 0 Å². The van der Waals surface area contributed by atoms with E-state index in [0.717, 1.165) is 18.5 Å². The van der Waals surface area contributed by atoms with E-state index in [2.05, 4.69) is 32.0 Å². The second-order valence-corrected chi connectivity index (χ2v) is 4.03. The van der Waals surface area contributed by atoms with E-state index in [1.807, 2.05) is 6.07 Å². The molecule has 0 fully saturated rings. The summed E-state index contributed by atoms with van der Waals surface area (Å²) in [6.45, 7) is 4.17. The molecule has 0 aliphatic carbocycles. The zero-order valence-corrected chi connectivity index (χ0v) is 9.49. The topological polar surface area (TPSA) is 30.2 Å². The molecule has 1 aromatic carbocycles. The lowest BCUT2D eigenvalue weighted by Gasteiger charge is -2.04. The normalized spacial score (nSPS) is 10.4. The van der Waals surface area contributed by atoms with Gasteiger partial charge in [0.15, 0.2) is 12.0 Å². The molecule has 0 unspecified atom stereocenters. The first-order valence-electron chi connectivity index (χ1n) is 5.29. The zero-order chi connectivity index (χ0) is 11.5. The molecule has 0 bridgehead atoms. The number of benzene rings is 1. The van der Waals surface area contributed by atoms with Crippen LogP contribution >= 0.6 is 0 Å². The van der Waals surface area contributed by atoms with E-state index in [4.69, 9.17) is 4.42 Å². The lowest BCUT2D eigenvalue weighted by Crippen LogP contribution is -1.90. The van der Waals surface area contributed by atoms with Gasteiger partial charge in [-0.3, -0.25) is 4.79 Å². The number of hydrogen-bond acceptors (Lipinski definition) is 2. The molecule has 0 aliphatic heterocycles. The van der Waals surface area contributed by atoms with Crippen LogP contribution in [0.1, 0.15) is 33.0 Å². The molecule has 1 aromatic heterocycles.